The van der Waals surface area contributed by atoms with Crippen molar-refractivity contribution in [2.24, 2.45) is 13.0 Å². The molecule has 7 heteroatoms. The molecule has 0 amide bonds. The molecule has 1 aliphatic heterocycles. The van der Waals surface area contributed by atoms with Crippen LogP contribution in [0.1, 0.15) is 26.2 Å². The average molecular weight is 300 g/mol. The summed E-state index contributed by atoms with van der Waals surface area (Å²) in [6.45, 7) is 5.16. The summed E-state index contributed by atoms with van der Waals surface area (Å²) < 4.78 is 28.5. The van der Waals surface area contributed by atoms with E-state index in [1.165, 1.54) is 10.9 Å². The second-order valence-corrected chi connectivity index (χ2v) is 7.34. The van der Waals surface area contributed by atoms with Crippen LogP contribution in [0.5, 0.6) is 0 Å². The highest BCUT2D eigenvalue weighted by atomic mass is 32.2. The van der Waals surface area contributed by atoms with Gasteiger partial charge in [-0.05, 0) is 38.3 Å². The molecule has 0 atom stereocenters. The fourth-order valence-corrected chi connectivity index (χ4v) is 4.19. The van der Waals surface area contributed by atoms with Gasteiger partial charge in [0.2, 0.25) is 10.0 Å². The van der Waals surface area contributed by atoms with Crippen LogP contribution in [-0.2, 0) is 17.1 Å². The third kappa shape index (κ3) is 3.59. The second-order valence-electron chi connectivity index (χ2n) is 5.41. The summed E-state index contributed by atoms with van der Waals surface area (Å²) in [5, 5.41) is 7.29. The van der Waals surface area contributed by atoms with E-state index in [0.29, 0.717) is 23.9 Å². The molecule has 1 aliphatic rings. The maximum atomic E-state index is 12.7. The fraction of sp³-hybridized carbons (Fsp3) is 0.769. The topological polar surface area (TPSA) is 67.2 Å². The van der Waals surface area contributed by atoms with Crippen LogP contribution < -0.4 is 5.32 Å². The van der Waals surface area contributed by atoms with Crippen molar-refractivity contribution in [3.8, 4) is 0 Å². The highest BCUT2D eigenvalue weighted by Gasteiger charge is 2.28. The molecule has 1 fully saturated rings. The van der Waals surface area contributed by atoms with Crippen molar-refractivity contribution < 1.29 is 8.42 Å². The van der Waals surface area contributed by atoms with Gasteiger partial charge in [0, 0.05) is 26.3 Å². The normalized spacial score (nSPS) is 17.8. The van der Waals surface area contributed by atoms with E-state index in [0.717, 1.165) is 32.4 Å². The number of aromatic nitrogens is 2. The van der Waals surface area contributed by atoms with E-state index in [-0.39, 0.29) is 0 Å². The molecule has 1 N–H and O–H groups in total. The quantitative estimate of drug-likeness (QED) is 0.844. The monoisotopic (exact) mass is 300 g/mol. The Morgan fingerprint density at radius 3 is 2.70 bits per heavy atom. The van der Waals surface area contributed by atoms with Crippen molar-refractivity contribution in [1.29, 1.82) is 0 Å². The van der Waals surface area contributed by atoms with Gasteiger partial charge in [-0.1, -0.05) is 6.92 Å². The summed E-state index contributed by atoms with van der Waals surface area (Å²) in [4.78, 5) is 0.294. The Morgan fingerprint density at radius 2 is 2.15 bits per heavy atom. The minimum atomic E-state index is -3.41. The molecule has 0 saturated carbocycles. The molecule has 2 rings (SSSR count). The van der Waals surface area contributed by atoms with Gasteiger partial charge < -0.3 is 5.32 Å². The molecule has 0 unspecified atom stereocenters. The Bertz CT molecular complexity index is 520. The molecule has 2 heterocycles. The third-order valence-electron chi connectivity index (χ3n) is 3.71. The summed E-state index contributed by atoms with van der Waals surface area (Å²) in [5.74, 6) is 0.453. The average Bonchev–Trinajstić information content (AvgIpc) is 2.87. The number of rotatable bonds is 6. The highest BCUT2D eigenvalue weighted by Crippen LogP contribution is 2.20. The van der Waals surface area contributed by atoms with Gasteiger partial charge in [0.1, 0.15) is 4.90 Å². The van der Waals surface area contributed by atoms with Crippen LogP contribution in [0.2, 0.25) is 0 Å². The maximum absolute atomic E-state index is 12.7. The first-order chi connectivity index (χ1) is 9.54. The zero-order valence-corrected chi connectivity index (χ0v) is 13.1. The van der Waals surface area contributed by atoms with Crippen molar-refractivity contribution in [3.63, 3.8) is 0 Å². The lowest BCUT2D eigenvalue weighted by molar-refractivity contribution is 0.288. The van der Waals surface area contributed by atoms with Gasteiger partial charge in [0.05, 0.1) is 6.20 Å². The lowest BCUT2D eigenvalue weighted by Gasteiger charge is -2.29. The highest BCUT2D eigenvalue weighted by molar-refractivity contribution is 7.89. The van der Waals surface area contributed by atoms with E-state index >= 15 is 0 Å². The van der Waals surface area contributed by atoms with Crippen molar-refractivity contribution in [2.75, 3.05) is 26.2 Å². The molecule has 1 aromatic rings. The molecular formula is C13H24N4O2S. The summed E-state index contributed by atoms with van der Waals surface area (Å²) in [5.41, 5.74) is 0. The second kappa shape index (κ2) is 6.69. The Hall–Kier alpha value is -0.920. The number of aryl methyl sites for hydroxylation is 1. The molecule has 0 radical (unpaired) electrons. The number of nitrogens with one attached hydrogen (secondary N) is 1. The van der Waals surface area contributed by atoms with Gasteiger partial charge in [0.25, 0.3) is 0 Å². The first kappa shape index (κ1) is 15.5. The fourth-order valence-electron chi connectivity index (χ4n) is 2.59. The maximum Gasteiger partial charge on any atom is 0.246 e. The number of sulfonamides is 1. The van der Waals surface area contributed by atoms with Crippen LogP contribution in [0, 0.1) is 5.92 Å². The first-order valence-electron chi connectivity index (χ1n) is 7.23. The Kier molecular flexibility index (Phi) is 5.17. The zero-order chi connectivity index (χ0) is 14.6. The van der Waals surface area contributed by atoms with Crippen LogP contribution in [0.25, 0.3) is 0 Å². The third-order valence-corrected chi connectivity index (χ3v) is 5.53. The van der Waals surface area contributed by atoms with E-state index < -0.39 is 10.0 Å². The number of hydrogen-bond donors (Lipinski definition) is 1. The standard InChI is InChI=1S/C13H24N4O2S/c1-3-8-17(10-12-4-6-14-7-5-12)20(18,19)13-9-15-16(2)11-13/h9,11-12,14H,3-8,10H2,1-2H3. The molecule has 114 valence electrons. The van der Waals surface area contributed by atoms with Gasteiger partial charge in [-0.25, -0.2) is 8.42 Å². The van der Waals surface area contributed by atoms with Gasteiger partial charge >= 0.3 is 0 Å². The van der Waals surface area contributed by atoms with Gasteiger partial charge in [-0.2, -0.15) is 9.40 Å². The molecule has 0 bridgehead atoms. The zero-order valence-electron chi connectivity index (χ0n) is 12.2. The van der Waals surface area contributed by atoms with E-state index in [2.05, 4.69) is 10.4 Å². The summed E-state index contributed by atoms with van der Waals surface area (Å²) in [6.07, 6.45) is 5.91. The van der Waals surface area contributed by atoms with Gasteiger partial charge in [-0.3, -0.25) is 4.68 Å². The van der Waals surface area contributed by atoms with E-state index in [9.17, 15) is 8.42 Å². The van der Waals surface area contributed by atoms with Crippen LogP contribution in [0.3, 0.4) is 0 Å². The number of piperidine rings is 1. The smallest absolute Gasteiger partial charge is 0.246 e. The van der Waals surface area contributed by atoms with Crippen molar-refractivity contribution in [3.05, 3.63) is 12.4 Å². The van der Waals surface area contributed by atoms with E-state index in [1.807, 2.05) is 6.92 Å². The predicted molar refractivity (Wildman–Crippen MR) is 77.9 cm³/mol. The van der Waals surface area contributed by atoms with Crippen molar-refractivity contribution in [2.45, 2.75) is 31.1 Å². The molecule has 6 nitrogen and oxygen atoms in total. The summed E-state index contributed by atoms with van der Waals surface area (Å²) in [6, 6.07) is 0. The van der Waals surface area contributed by atoms with Crippen molar-refractivity contribution >= 4 is 10.0 Å². The molecular weight excluding hydrogens is 276 g/mol. The molecule has 1 aromatic heterocycles. The molecule has 0 aliphatic carbocycles. The molecule has 0 aromatic carbocycles. The summed E-state index contributed by atoms with van der Waals surface area (Å²) >= 11 is 0. The Morgan fingerprint density at radius 1 is 1.45 bits per heavy atom. The molecule has 0 spiro atoms. The predicted octanol–water partition coefficient (Wildman–Crippen LogP) is 0.820. The van der Waals surface area contributed by atoms with Crippen LogP contribution in [-0.4, -0.2) is 48.7 Å². The van der Waals surface area contributed by atoms with E-state index in [4.69, 9.17) is 0 Å². The number of nitrogens with zero attached hydrogens (tertiary/aromatic N) is 3. The minimum absolute atomic E-state index is 0.294. The van der Waals surface area contributed by atoms with Crippen LogP contribution >= 0.6 is 0 Å². The van der Waals surface area contributed by atoms with Crippen LogP contribution in [0.15, 0.2) is 17.3 Å². The first-order valence-corrected chi connectivity index (χ1v) is 8.67. The lowest BCUT2D eigenvalue weighted by atomic mass is 9.98. The van der Waals surface area contributed by atoms with Gasteiger partial charge in [0.15, 0.2) is 0 Å². The lowest BCUT2D eigenvalue weighted by Crippen LogP contribution is -2.39. The van der Waals surface area contributed by atoms with Crippen LogP contribution in [0.4, 0.5) is 0 Å². The Balaban J connectivity index is 2.14. The van der Waals surface area contributed by atoms with Crippen molar-refractivity contribution in [1.82, 2.24) is 19.4 Å². The van der Waals surface area contributed by atoms with E-state index in [1.54, 1.807) is 17.5 Å². The Labute approximate surface area is 121 Å². The minimum Gasteiger partial charge on any atom is -0.317 e. The molecule has 20 heavy (non-hydrogen) atoms. The summed E-state index contributed by atoms with van der Waals surface area (Å²) in [7, 11) is -1.68. The number of hydrogen-bond acceptors (Lipinski definition) is 4. The molecule has 1 saturated heterocycles. The SMILES string of the molecule is CCCN(CC1CCNCC1)S(=O)(=O)c1cnn(C)c1. The largest absolute Gasteiger partial charge is 0.317 e. The van der Waals surface area contributed by atoms with Gasteiger partial charge in [-0.15, -0.1) is 0 Å².